The lowest BCUT2D eigenvalue weighted by molar-refractivity contribution is -0.129. The van der Waals surface area contributed by atoms with Crippen LogP contribution in [0.2, 0.25) is 0 Å². The quantitative estimate of drug-likeness (QED) is 0.615. The van der Waals surface area contributed by atoms with E-state index in [1.54, 1.807) is 6.92 Å². The highest BCUT2D eigenvalue weighted by atomic mass is 79.9. The fraction of sp³-hybridized carbons (Fsp3) is 0.875. The molecule has 0 radical (unpaired) electrons. The summed E-state index contributed by atoms with van der Waals surface area (Å²) in [4.78, 5) is 13.0. The van der Waals surface area contributed by atoms with Gasteiger partial charge in [0, 0.05) is 24.8 Å². The number of alkyl halides is 1. The zero-order valence-corrected chi connectivity index (χ0v) is 8.60. The van der Waals surface area contributed by atoms with Gasteiger partial charge in [0.25, 0.3) is 0 Å². The Labute approximate surface area is 76.1 Å². The minimum absolute atomic E-state index is 0.209. The van der Waals surface area contributed by atoms with Crippen LogP contribution in [-0.2, 0) is 4.79 Å². The Kier molecular flexibility index (Phi) is 2.93. The van der Waals surface area contributed by atoms with Crippen molar-refractivity contribution in [1.29, 1.82) is 0 Å². The molecule has 11 heavy (non-hydrogen) atoms. The van der Waals surface area contributed by atoms with Gasteiger partial charge in [-0.3, -0.25) is 4.79 Å². The maximum atomic E-state index is 11.0. The first-order valence-electron chi connectivity index (χ1n) is 4.00. The maximum absolute atomic E-state index is 11.0. The van der Waals surface area contributed by atoms with E-state index in [1.165, 1.54) is 0 Å². The summed E-state index contributed by atoms with van der Waals surface area (Å²) in [5.41, 5.74) is 0. The van der Waals surface area contributed by atoms with Crippen molar-refractivity contribution in [2.24, 2.45) is 5.92 Å². The molecule has 1 amide bonds. The van der Waals surface area contributed by atoms with Gasteiger partial charge in [-0.25, -0.2) is 0 Å². The highest BCUT2D eigenvalue weighted by Gasteiger charge is 2.30. The van der Waals surface area contributed by atoms with Crippen LogP contribution in [0, 0.1) is 5.92 Å². The summed E-state index contributed by atoms with van der Waals surface area (Å²) in [6.45, 7) is 4.71. The Morgan fingerprint density at radius 2 is 2.36 bits per heavy atom. The van der Waals surface area contributed by atoms with Gasteiger partial charge in [0.1, 0.15) is 0 Å². The van der Waals surface area contributed by atoms with Gasteiger partial charge >= 0.3 is 0 Å². The van der Waals surface area contributed by atoms with E-state index in [0.29, 0.717) is 12.0 Å². The van der Waals surface area contributed by atoms with E-state index in [4.69, 9.17) is 0 Å². The molecule has 0 aromatic carbocycles. The van der Waals surface area contributed by atoms with Crippen LogP contribution in [0.5, 0.6) is 0 Å². The van der Waals surface area contributed by atoms with Crippen LogP contribution in [0.25, 0.3) is 0 Å². The number of carbonyl (C=O) groups excluding carboxylic acids is 1. The van der Waals surface area contributed by atoms with E-state index in [0.717, 1.165) is 18.3 Å². The molecule has 1 rings (SSSR count). The molecule has 0 aromatic heterocycles. The molecule has 2 unspecified atom stereocenters. The Balaban J connectivity index is 2.55. The van der Waals surface area contributed by atoms with Gasteiger partial charge in [-0.2, -0.15) is 0 Å². The third-order valence-corrected chi connectivity index (χ3v) is 3.35. The largest absolute Gasteiger partial charge is 0.340 e. The van der Waals surface area contributed by atoms with Gasteiger partial charge in [-0.05, 0) is 19.3 Å². The smallest absolute Gasteiger partial charge is 0.219 e. The summed E-state index contributed by atoms with van der Waals surface area (Å²) in [5.74, 6) is 0.861. The van der Waals surface area contributed by atoms with Crippen molar-refractivity contribution in [3.63, 3.8) is 0 Å². The number of amides is 1. The van der Waals surface area contributed by atoms with E-state index in [2.05, 4.69) is 22.9 Å². The Morgan fingerprint density at radius 3 is 2.64 bits per heavy atom. The molecule has 1 aliphatic rings. The van der Waals surface area contributed by atoms with Gasteiger partial charge in [0.05, 0.1) is 0 Å². The third kappa shape index (κ3) is 1.75. The third-order valence-electron chi connectivity index (χ3n) is 2.52. The second-order valence-corrected chi connectivity index (χ2v) is 3.80. The summed E-state index contributed by atoms with van der Waals surface area (Å²) in [6, 6.07) is 0.423. The lowest BCUT2D eigenvalue weighted by Crippen LogP contribution is -2.34. The number of likely N-dealkylation sites (tertiary alicyclic amines) is 1. The first-order valence-corrected chi connectivity index (χ1v) is 5.12. The van der Waals surface area contributed by atoms with Crippen molar-refractivity contribution in [3.05, 3.63) is 0 Å². The highest BCUT2D eigenvalue weighted by Crippen LogP contribution is 2.25. The van der Waals surface area contributed by atoms with Gasteiger partial charge in [0.2, 0.25) is 5.91 Å². The van der Waals surface area contributed by atoms with E-state index in [1.807, 2.05) is 4.90 Å². The monoisotopic (exact) mass is 219 g/mol. The van der Waals surface area contributed by atoms with Crippen LogP contribution in [0.1, 0.15) is 20.3 Å². The number of carbonyl (C=O) groups is 1. The molecule has 0 aliphatic carbocycles. The van der Waals surface area contributed by atoms with Crippen LogP contribution in [-0.4, -0.2) is 28.7 Å². The molecule has 2 nitrogen and oxygen atoms in total. The van der Waals surface area contributed by atoms with Crippen molar-refractivity contribution in [2.75, 3.05) is 11.9 Å². The van der Waals surface area contributed by atoms with Gasteiger partial charge in [0.15, 0.2) is 0 Å². The normalized spacial score (nSPS) is 31.0. The Bertz CT molecular complexity index is 160. The number of rotatable bonds is 1. The molecular formula is C8H14BrNO. The average molecular weight is 220 g/mol. The minimum Gasteiger partial charge on any atom is -0.340 e. The molecular weight excluding hydrogens is 206 g/mol. The fourth-order valence-electron chi connectivity index (χ4n) is 1.65. The first-order chi connectivity index (χ1) is 5.16. The van der Waals surface area contributed by atoms with Crippen LogP contribution < -0.4 is 0 Å². The zero-order chi connectivity index (χ0) is 8.43. The predicted molar refractivity (Wildman–Crippen MR) is 48.8 cm³/mol. The van der Waals surface area contributed by atoms with Gasteiger partial charge in [-0.15, -0.1) is 0 Å². The predicted octanol–water partition coefficient (Wildman–Crippen LogP) is 1.64. The fourth-order valence-corrected chi connectivity index (χ4v) is 2.52. The molecule has 0 aromatic rings. The van der Waals surface area contributed by atoms with Crippen LogP contribution in [0.3, 0.4) is 0 Å². The first kappa shape index (κ1) is 9.04. The maximum Gasteiger partial charge on any atom is 0.219 e. The summed E-state index contributed by atoms with van der Waals surface area (Å²) in [7, 11) is 0. The van der Waals surface area contributed by atoms with E-state index >= 15 is 0 Å². The van der Waals surface area contributed by atoms with Gasteiger partial charge < -0.3 is 4.90 Å². The Hall–Kier alpha value is -0.0500. The van der Waals surface area contributed by atoms with Crippen LogP contribution in [0.4, 0.5) is 0 Å². The lowest BCUT2D eigenvalue weighted by atomic mass is 10.1. The van der Waals surface area contributed by atoms with Crippen molar-refractivity contribution >= 4 is 21.8 Å². The van der Waals surface area contributed by atoms with Crippen molar-refractivity contribution in [3.8, 4) is 0 Å². The number of nitrogens with zero attached hydrogens (tertiary/aromatic N) is 1. The van der Waals surface area contributed by atoms with Crippen molar-refractivity contribution in [1.82, 2.24) is 4.90 Å². The molecule has 3 heteroatoms. The van der Waals surface area contributed by atoms with Crippen LogP contribution >= 0.6 is 15.9 Å². The van der Waals surface area contributed by atoms with E-state index in [9.17, 15) is 4.79 Å². The molecule has 1 heterocycles. The van der Waals surface area contributed by atoms with Crippen molar-refractivity contribution < 1.29 is 4.79 Å². The minimum atomic E-state index is 0.209. The molecule has 2 atom stereocenters. The molecule has 0 N–H and O–H groups in total. The zero-order valence-electron chi connectivity index (χ0n) is 7.01. The molecule has 1 saturated heterocycles. The SMILES string of the molecule is CC(=O)N1CCC(CBr)C1C. The molecule has 64 valence electrons. The Morgan fingerprint density at radius 1 is 1.73 bits per heavy atom. The summed E-state index contributed by atoms with van der Waals surface area (Å²) < 4.78 is 0. The molecule has 0 bridgehead atoms. The van der Waals surface area contributed by atoms with Gasteiger partial charge in [-0.1, -0.05) is 15.9 Å². The molecule has 0 spiro atoms. The number of hydrogen-bond donors (Lipinski definition) is 0. The van der Waals surface area contributed by atoms with Crippen molar-refractivity contribution in [2.45, 2.75) is 26.3 Å². The highest BCUT2D eigenvalue weighted by molar-refractivity contribution is 9.09. The van der Waals surface area contributed by atoms with Crippen LogP contribution in [0.15, 0.2) is 0 Å². The molecule has 0 saturated carbocycles. The number of halogens is 1. The van der Waals surface area contributed by atoms with E-state index in [-0.39, 0.29) is 5.91 Å². The van der Waals surface area contributed by atoms with E-state index < -0.39 is 0 Å². The topological polar surface area (TPSA) is 20.3 Å². The molecule has 1 fully saturated rings. The second-order valence-electron chi connectivity index (χ2n) is 3.16. The average Bonchev–Trinajstić information content (AvgIpc) is 2.30. The second kappa shape index (κ2) is 3.57. The lowest BCUT2D eigenvalue weighted by Gasteiger charge is -2.22. The summed E-state index contributed by atoms with van der Waals surface area (Å²) >= 11 is 3.46. The number of hydrogen-bond acceptors (Lipinski definition) is 1. The summed E-state index contributed by atoms with van der Waals surface area (Å²) in [6.07, 6.45) is 1.14. The standard InChI is InChI=1S/C8H14BrNO/c1-6-8(5-9)3-4-10(6)7(2)11/h6,8H,3-5H2,1-2H3. The summed E-state index contributed by atoms with van der Waals surface area (Å²) in [5, 5.41) is 1.01. The molecule has 1 aliphatic heterocycles.